The molecule has 0 aliphatic heterocycles. The molecule has 0 saturated heterocycles. The van der Waals surface area contributed by atoms with Crippen molar-refractivity contribution in [3.8, 4) is 0 Å². The second kappa shape index (κ2) is 10.4. The van der Waals surface area contributed by atoms with E-state index in [2.05, 4.69) is 29.8 Å². The molecule has 0 aliphatic carbocycles. The topological polar surface area (TPSA) is 74.7 Å². The summed E-state index contributed by atoms with van der Waals surface area (Å²) in [6, 6.07) is 20.2. The monoisotopic (exact) mass is 405 g/mol. The largest absolute Gasteiger partial charge is 0.346 e. The summed E-state index contributed by atoms with van der Waals surface area (Å²) in [6.07, 6.45) is 0. The van der Waals surface area contributed by atoms with Gasteiger partial charge in [-0.25, -0.2) is 4.79 Å². The third kappa shape index (κ3) is 5.58. The zero-order valence-corrected chi connectivity index (χ0v) is 17.5. The molecule has 156 valence electrons. The molecule has 3 amide bonds. The highest BCUT2D eigenvalue weighted by Crippen LogP contribution is 2.23. The van der Waals surface area contributed by atoms with Crippen LogP contribution in [0, 0.1) is 0 Å². The number of fused-ring (bicyclic) bond motifs is 1. The van der Waals surface area contributed by atoms with Gasteiger partial charge in [0.25, 0.3) is 5.91 Å². The molecular weight excluding hydrogens is 376 g/mol. The number of hydrogen-bond acceptors (Lipinski definition) is 2. The summed E-state index contributed by atoms with van der Waals surface area (Å²) in [6.45, 7) is 7.93. The van der Waals surface area contributed by atoms with Crippen LogP contribution >= 0.6 is 0 Å². The van der Waals surface area contributed by atoms with Crippen LogP contribution < -0.4 is 20.9 Å². The van der Waals surface area contributed by atoms with Crippen molar-refractivity contribution < 1.29 is 14.5 Å². The fourth-order valence-corrected chi connectivity index (χ4v) is 3.38. The van der Waals surface area contributed by atoms with Gasteiger partial charge in [0.15, 0.2) is 0 Å². The lowest BCUT2D eigenvalue weighted by atomic mass is 10.1. The highest BCUT2D eigenvalue weighted by Gasteiger charge is 2.09. The molecule has 6 nitrogen and oxygen atoms in total. The van der Waals surface area contributed by atoms with Crippen LogP contribution in [0.25, 0.3) is 10.8 Å². The predicted octanol–water partition coefficient (Wildman–Crippen LogP) is 3.14. The van der Waals surface area contributed by atoms with Gasteiger partial charge in [0.05, 0.1) is 31.9 Å². The molecule has 0 heterocycles. The van der Waals surface area contributed by atoms with Gasteiger partial charge < -0.3 is 20.9 Å². The number of carbonyl (C=O) groups excluding carboxylic acids is 2. The number of amides is 3. The van der Waals surface area contributed by atoms with Gasteiger partial charge in [-0.15, -0.1) is 0 Å². The summed E-state index contributed by atoms with van der Waals surface area (Å²) < 4.78 is 0. The summed E-state index contributed by atoms with van der Waals surface area (Å²) >= 11 is 0. The fourth-order valence-electron chi connectivity index (χ4n) is 3.38. The van der Waals surface area contributed by atoms with Crippen molar-refractivity contribution >= 4 is 34.1 Å². The Hall–Kier alpha value is -3.38. The lowest BCUT2D eigenvalue weighted by molar-refractivity contribution is -0.895. The van der Waals surface area contributed by atoms with Crippen LogP contribution in [0.3, 0.4) is 0 Å². The van der Waals surface area contributed by atoms with Gasteiger partial charge in [0.1, 0.15) is 0 Å². The van der Waals surface area contributed by atoms with Crippen molar-refractivity contribution in [1.82, 2.24) is 5.32 Å². The van der Waals surface area contributed by atoms with E-state index < -0.39 is 0 Å². The van der Waals surface area contributed by atoms with Crippen molar-refractivity contribution in [1.29, 1.82) is 0 Å². The second-order valence-electron chi connectivity index (χ2n) is 7.15. The molecule has 6 heteroatoms. The molecule has 30 heavy (non-hydrogen) atoms. The molecule has 0 spiro atoms. The average molecular weight is 406 g/mol. The zero-order chi connectivity index (χ0) is 21.3. The smallest absolute Gasteiger partial charge is 0.323 e. The fraction of sp³-hybridized carbons (Fsp3) is 0.250. The average Bonchev–Trinajstić information content (AvgIpc) is 2.77. The number of urea groups is 1. The Balaban J connectivity index is 1.55. The minimum atomic E-state index is -0.328. The highest BCUT2D eigenvalue weighted by molar-refractivity contribution is 6.06. The molecule has 0 saturated carbocycles. The van der Waals surface area contributed by atoms with E-state index in [4.69, 9.17) is 0 Å². The Kier molecular flexibility index (Phi) is 7.40. The summed E-state index contributed by atoms with van der Waals surface area (Å²) in [4.78, 5) is 26.1. The highest BCUT2D eigenvalue weighted by atomic mass is 16.2. The Morgan fingerprint density at radius 2 is 1.53 bits per heavy atom. The van der Waals surface area contributed by atoms with Crippen LogP contribution in [0.1, 0.15) is 24.2 Å². The molecule has 3 aromatic rings. The van der Waals surface area contributed by atoms with Gasteiger partial charge in [-0.2, -0.15) is 0 Å². The first-order valence-corrected chi connectivity index (χ1v) is 10.4. The molecular formula is C24H29N4O2+. The predicted molar refractivity (Wildman–Crippen MR) is 122 cm³/mol. The van der Waals surface area contributed by atoms with E-state index >= 15 is 0 Å². The normalized spacial score (nSPS) is 10.8. The number of rotatable bonds is 8. The number of anilines is 2. The Morgan fingerprint density at radius 3 is 2.27 bits per heavy atom. The van der Waals surface area contributed by atoms with Crippen LogP contribution in [0.5, 0.6) is 0 Å². The zero-order valence-electron chi connectivity index (χ0n) is 17.5. The Labute approximate surface area is 177 Å². The summed E-state index contributed by atoms with van der Waals surface area (Å²) in [7, 11) is 0. The standard InChI is InChI=1S/C24H28N4O2/c1-3-28(4-2)17-16-25-23(29)19-12-14-20(15-13-19)26-24(30)27-22-11-7-9-18-8-5-6-10-21(18)22/h5-15H,3-4,16-17H2,1-2H3,(H,25,29)(H2,26,27,30)/p+1. The minimum Gasteiger partial charge on any atom is -0.346 e. The molecule has 0 aliphatic rings. The van der Waals surface area contributed by atoms with Crippen LogP contribution in [-0.2, 0) is 0 Å². The van der Waals surface area contributed by atoms with Crippen molar-refractivity contribution in [2.75, 3.05) is 36.8 Å². The van der Waals surface area contributed by atoms with Crippen molar-refractivity contribution in [3.63, 3.8) is 0 Å². The maximum Gasteiger partial charge on any atom is 0.323 e. The first kappa shape index (κ1) is 21.3. The van der Waals surface area contributed by atoms with Crippen LogP contribution in [0.2, 0.25) is 0 Å². The van der Waals surface area contributed by atoms with Gasteiger partial charge in [-0.05, 0) is 49.6 Å². The van der Waals surface area contributed by atoms with Gasteiger partial charge in [-0.1, -0.05) is 36.4 Å². The molecule has 3 aromatic carbocycles. The van der Waals surface area contributed by atoms with Crippen LogP contribution in [0.15, 0.2) is 66.7 Å². The van der Waals surface area contributed by atoms with Gasteiger partial charge >= 0.3 is 6.03 Å². The lowest BCUT2D eigenvalue weighted by Crippen LogP contribution is -3.12. The summed E-state index contributed by atoms with van der Waals surface area (Å²) in [5, 5.41) is 10.7. The molecule has 0 unspecified atom stereocenters. The second-order valence-corrected chi connectivity index (χ2v) is 7.15. The molecule has 3 rings (SSSR count). The number of benzene rings is 3. The number of nitrogens with one attached hydrogen (secondary N) is 4. The summed E-state index contributed by atoms with van der Waals surface area (Å²) in [5.41, 5.74) is 1.94. The number of hydrogen-bond donors (Lipinski definition) is 4. The van der Waals surface area contributed by atoms with Crippen LogP contribution in [0.4, 0.5) is 16.2 Å². The van der Waals surface area contributed by atoms with E-state index in [9.17, 15) is 9.59 Å². The lowest BCUT2D eigenvalue weighted by Gasteiger charge is -2.15. The number of likely N-dealkylation sites (N-methyl/N-ethyl adjacent to an activating group) is 1. The Bertz CT molecular complexity index is 992. The van der Waals surface area contributed by atoms with Gasteiger partial charge in [0, 0.05) is 16.6 Å². The van der Waals surface area contributed by atoms with Gasteiger partial charge in [0.2, 0.25) is 0 Å². The van der Waals surface area contributed by atoms with Crippen LogP contribution in [-0.4, -0.2) is 38.1 Å². The van der Waals surface area contributed by atoms with E-state index in [1.165, 1.54) is 4.90 Å². The van der Waals surface area contributed by atoms with Crippen molar-refractivity contribution in [2.24, 2.45) is 0 Å². The number of quaternary nitrogens is 1. The third-order valence-electron chi connectivity index (χ3n) is 5.21. The van der Waals surface area contributed by atoms with E-state index in [1.54, 1.807) is 24.3 Å². The third-order valence-corrected chi connectivity index (χ3v) is 5.21. The Morgan fingerprint density at radius 1 is 0.833 bits per heavy atom. The molecule has 0 radical (unpaired) electrons. The van der Waals surface area contributed by atoms with Crippen molar-refractivity contribution in [3.05, 3.63) is 72.3 Å². The minimum absolute atomic E-state index is 0.103. The molecule has 0 bridgehead atoms. The van der Waals surface area contributed by atoms with Crippen molar-refractivity contribution in [2.45, 2.75) is 13.8 Å². The number of carbonyl (C=O) groups is 2. The first-order chi connectivity index (χ1) is 14.6. The van der Waals surface area contributed by atoms with E-state index in [-0.39, 0.29) is 11.9 Å². The maximum atomic E-state index is 12.4. The van der Waals surface area contributed by atoms with Gasteiger partial charge in [-0.3, -0.25) is 4.79 Å². The molecule has 0 fully saturated rings. The molecule has 0 atom stereocenters. The van der Waals surface area contributed by atoms with E-state index in [1.807, 2.05) is 42.5 Å². The molecule has 4 N–H and O–H groups in total. The molecule has 0 aromatic heterocycles. The van der Waals surface area contributed by atoms with E-state index in [0.29, 0.717) is 17.8 Å². The maximum absolute atomic E-state index is 12.4. The summed E-state index contributed by atoms with van der Waals surface area (Å²) in [5.74, 6) is -0.103. The quantitative estimate of drug-likeness (QED) is 0.465. The van der Waals surface area contributed by atoms with E-state index in [0.717, 1.165) is 36.1 Å². The first-order valence-electron chi connectivity index (χ1n) is 10.4. The SMILES string of the molecule is CC[NH+](CC)CCNC(=O)c1ccc(NC(=O)Nc2cccc3ccccc23)cc1.